The lowest BCUT2D eigenvalue weighted by molar-refractivity contribution is -0.144. The van der Waals surface area contributed by atoms with Gasteiger partial charge in [-0.25, -0.2) is 8.78 Å². The molecular weight excluding hydrogens is 803 g/mol. The van der Waals surface area contributed by atoms with Crippen molar-refractivity contribution in [3.8, 4) is 45.0 Å². The third-order valence-corrected chi connectivity index (χ3v) is 11.3. The lowest BCUT2D eigenvalue weighted by atomic mass is 10.1. The number of oxazole rings is 2. The second-order valence-electron chi connectivity index (χ2n) is 15.1. The van der Waals surface area contributed by atoms with Gasteiger partial charge in [-0.3, -0.25) is 27.2 Å². The van der Waals surface area contributed by atoms with Gasteiger partial charge in [0.15, 0.2) is 11.3 Å². The van der Waals surface area contributed by atoms with Crippen molar-refractivity contribution < 1.29 is 37.0 Å². The van der Waals surface area contributed by atoms with Crippen LogP contribution in [0.5, 0.6) is 0 Å². The molecule has 62 heavy (non-hydrogen) atoms. The fourth-order valence-electron chi connectivity index (χ4n) is 8.09. The Morgan fingerprint density at radius 3 is 1.55 bits per heavy atom. The van der Waals surface area contributed by atoms with Crippen molar-refractivity contribution in [3.63, 3.8) is 0 Å². The third kappa shape index (κ3) is 6.25. The molecule has 10 aromatic rings. The second-order valence-corrected chi connectivity index (χ2v) is 15.1. The van der Waals surface area contributed by atoms with Crippen LogP contribution in [0.1, 0.15) is 43.3 Å². The number of esters is 1. The molecule has 2 aromatic carbocycles. The molecule has 0 bridgehead atoms. The smallest absolute Gasteiger partial charge is 0.309 e. The van der Waals surface area contributed by atoms with Crippen LogP contribution in [-0.2, 0) is 14.3 Å². The topological polar surface area (TPSA) is 185 Å². The van der Waals surface area contributed by atoms with Gasteiger partial charge >= 0.3 is 23.6 Å². The summed E-state index contributed by atoms with van der Waals surface area (Å²) in [5, 5.41) is 26.3. The molecule has 8 heterocycles. The molecule has 0 spiro atoms. The lowest BCUT2D eigenvalue weighted by Gasteiger charge is -2.07. The van der Waals surface area contributed by atoms with Crippen molar-refractivity contribution in [1.29, 1.82) is 0 Å². The van der Waals surface area contributed by atoms with Gasteiger partial charge < -0.3 is 18.7 Å². The standard InChI is InChI=1S/C23H18FN5O3.C21H14FN5O3/c1-2-31-22(30)17-11-16(17)21-27-26-18-8-5-14(12-29(18)21)20-19(13-3-6-15(24)7-4-13)25-23-28(20)9-10-32-23;22-13-4-1-11(2-5-13)17-18(26-7-8-30-21(26)23-17)12-3-6-16-24-25-19(27(16)10-12)14-9-15(14)20(28)29/h3-10,12,16-17H,2,11H2,1H3;1-8,10,14-15H,9H2,(H,28,29)/t16?,17-;14?,15-/m11/s1. The van der Waals surface area contributed by atoms with E-state index in [1.807, 2.05) is 54.3 Å². The highest BCUT2D eigenvalue weighted by Crippen LogP contribution is 2.48. The number of benzene rings is 2. The Bertz CT molecular complexity index is 3340. The summed E-state index contributed by atoms with van der Waals surface area (Å²) in [5.74, 6) is -0.198. The lowest BCUT2D eigenvalue weighted by Crippen LogP contribution is -2.08. The normalized spacial score (nSPS) is 18.0. The van der Waals surface area contributed by atoms with Gasteiger partial charge in [-0.1, -0.05) is 0 Å². The SMILES string of the molecule is CCOC(=O)[C@@H]1CC1c1nnc2ccc(-c3c(-c4ccc(F)cc4)nc4occn34)cn12.O=C(O)[C@@H]1CC1c1nnc2ccc(-c3c(-c4ccc(F)cc4)nc4occn34)cn12. The fourth-order valence-corrected chi connectivity index (χ4v) is 8.09. The van der Waals surface area contributed by atoms with E-state index in [0.717, 1.165) is 39.5 Å². The summed E-state index contributed by atoms with van der Waals surface area (Å²) in [6.45, 7) is 2.16. The molecule has 2 saturated carbocycles. The maximum Gasteiger partial charge on any atom is 0.309 e. The molecule has 0 amide bonds. The number of ether oxygens (including phenoxy) is 1. The predicted octanol–water partition coefficient (Wildman–Crippen LogP) is 7.74. The van der Waals surface area contributed by atoms with E-state index in [1.165, 1.54) is 24.3 Å². The number of aromatic nitrogens is 10. The van der Waals surface area contributed by atoms with Gasteiger partial charge in [-0.2, -0.15) is 9.97 Å². The van der Waals surface area contributed by atoms with Crippen LogP contribution in [0.4, 0.5) is 8.78 Å². The first-order valence-electron chi connectivity index (χ1n) is 19.8. The molecule has 2 unspecified atom stereocenters. The van der Waals surface area contributed by atoms with E-state index in [0.29, 0.717) is 59.6 Å². The van der Waals surface area contributed by atoms with Crippen molar-refractivity contribution >= 4 is 34.9 Å². The van der Waals surface area contributed by atoms with Crippen molar-refractivity contribution in [1.82, 2.24) is 48.0 Å². The Labute approximate surface area is 347 Å². The molecule has 0 saturated heterocycles. The average Bonchev–Trinajstić information content (AvgIpc) is 3.70. The van der Waals surface area contributed by atoms with E-state index in [9.17, 15) is 23.5 Å². The van der Waals surface area contributed by atoms with Crippen molar-refractivity contribution in [2.75, 3.05) is 6.61 Å². The van der Waals surface area contributed by atoms with E-state index in [1.54, 1.807) is 56.1 Å². The molecule has 4 atom stereocenters. The number of hydrogen-bond acceptors (Lipinski definition) is 11. The number of halogens is 2. The molecule has 2 fully saturated rings. The molecule has 1 N–H and O–H groups in total. The number of pyridine rings is 2. The summed E-state index contributed by atoms with van der Waals surface area (Å²) < 4.78 is 50.4. The number of nitrogens with zero attached hydrogens (tertiary/aromatic N) is 10. The first-order chi connectivity index (χ1) is 30.2. The summed E-state index contributed by atoms with van der Waals surface area (Å²) in [7, 11) is 0. The molecule has 0 aliphatic heterocycles. The van der Waals surface area contributed by atoms with Crippen LogP contribution in [-0.4, -0.2) is 71.6 Å². The van der Waals surface area contributed by atoms with Crippen molar-refractivity contribution in [2.24, 2.45) is 11.8 Å². The van der Waals surface area contributed by atoms with Crippen LogP contribution in [0, 0.1) is 23.5 Å². The monoisotopic (exact) mass is 834 g/mol. The zero-order valence-electron chi connectivity index (χ0n) is 32.5. The number of carboxylic acid groups (broad SMARTS) is 1. The Kier molecular flexibility index (Phi) is 8.55. The number of carbonyl (C=O) groups excluding carboxylic acids is 1. The van der Waals surface area contributed by atoms with Crippen LogP contribution in [0.25, 0.3) is 68.0 Å². The first kappa shape index (κ1) is 37.0. The number of carbonyl (C=O) groups is 2. The van der Waals surface area contributed by atoms with E-state index in [4.69, 9.17) is 13.6 Å². The van der Waals surface area contributed by atoms with Crippen LogP contribution in [0.15, 0.2) is 119 Å². The summed E-state index contributed by atoms with van der Waals surface area (Å²) in [6, 6.07) is 19.9. The molecule has 0 radical (unpaired) electrons. The van der Waals surface area contributed by atoms with Gasteiger partial charge in [0, 0.05) is 58.9 Å². The van der Waals surface area contributed by atoms with Crippen molar-refractivity contribution in [3.05, 3.63) is 133 Å². The minimum atomic E-state index is -0.817. The van der Waals surface area contributed by atoms with Gasteiger partial charge in [-0.05, 0) is 92.6 Å². The van der Waals surface area contributed by atoms with E-state index < -0.39 is 11.9 Å². The Balaban J connectivity index is 0.000000140. The van der Waals surface area contributed by atoms with E-state index >= 15 is 0 Å². The number of rotatable bonds is 9. The maximum atomic E-state index is 13.5. The molecule has 308 valence electrons. The number of fused-ring (bicyclic) bond motifs is 4. The molecule has 16 nitrogen and oxygen atoms in total. The minimum Gasteiger partial charge on any atom is -0.481 e. The van der Waals surface area contributed by atoms with Crippen molar-refractivity contribution in [2.45, 2.75) is 31.6 Å². The quantitative estimate of drug-likeness (QED) is 0.140. The van der Waals surface area contributed by atoms with Gasteiger partial charge in [0.1, 0.15) is 47.2 Å². The second kappa shape index (κ2) is 14.3. The fraction of sp³-hybridized carbons (Fsp3) is 0.182. The highest BCUT2D eigenvalue weighted by molar-refractivity contribution is 5.83. The zero-order chi connectivity index (χ0) is 42.2. The summed E-state index contributed by atoms with van der Waals surface area (Å²) >= 11 is 0. The predicted molar refractivity (Wildman–Crippen MR) is 216 cm³/mol. The highest BCUT2D eigenvalue weighted by Gasteiger charge is 2.48. The number of imidazole rings is 2. The van der Waals surface area contributed by atoms with Crippen LogP contribution in [0.2, 0.25) is 0 Å². The minimum absolute atomic E-state index is 0.0183. The Morgan fingerprint density at radius 2 is 1.10 bits per heavy atom. The molecule has 2 aliphatic carbocycles. The summed E-state index contributed by atoms with van der Waals surface area (Å²) in [6.07, 6.45) is 11.7. The largest absolute Gasteiger partial charge is 0.481 e. The van der Waals surface area contributed by atoms with Gasteiger partial charge in [0.25, 0.3) is 0 Å². The average molecular weight is 835 g/mol. The maximum absolute atomic E-state index is 13.5. The van der Waals surface area contributed by atoms with Crippen LogP contribution in [0.3, 0.4) is 0 Å². The van der Waals surface area contributed by atoms with Gasteiger partial charge in [0.05, 0.1) is 29.8 Å². The Hall–Kier alpha value is -8.02. The van der Waals surface area contributed by atoms with Gasteiger partial charge in [-0.15, -0.1) is 20.4 Å². The van der Waals surface area contributed by atoms with E-state index in [2.05, 4.69) is 30.4 Å². The molecule has 18 heteroatoms. The first-order valence-corrected chi connectivity index (χ1v) is 19.8. The molecule has 2 aliphatic rings. The van der Waals surface area contributed by atoms with Crippen LogP contribution < -0.4 is 0 Å². The molecular formula is C44H32F2N10O6. The number of carboxylic acids is 1. The Morgan fingerprint density at radius 1 is 0.645 bits per heavy atom. The number of hydrogen-bond donors (Lipinski definition) is 1. The summed E-state index contributed by atoms with van der Waals surface area (Å²) in [5.41, 5.74) is 7.45. The van der Waals surface area contributed by atoms with Crippen LogP contribution >= 0.6 is 0 Å². The van der Waals surface area contributed by atoms with E-state index in [-0.39, 0.29) is 35.4 Å². The number of aliphatic carboxylic acids is 1. The zero-order valence-corrected chi connectivity index (χ0v) is 32.5. The molecule has 8 aromatic heterocycles. The molecule has 12 rings (SSSR count). The highest BCUT2D eigenvalue weighted by atomic mass is 19.1. The summed E-state index contributed by atoms with van der Waals surface area (Å²) in [4.78, 5) is 32.6. The third-order valence-electron chi connectivity index (χ3n) is 11.3. The van der Waals surface area contributed by atoms with Gasteiger partial charge in [0.2, 0.25) is 0 Å².